The van der Waals surface area contributed by atoms with Crippen LogP contribution in [0.1, 0.15) is 64.5 Å². The van der Waals surface area contributed by atoms with Gasteiger partial charge < -0.3 is 19.5 Å². The van der Waals surface area contributed by atoms with Gasteiger partial charge in [-0.1, -0.05) is 45.9 Å². The summed E-state index contributed by atoms with van der Waals surface area (Å²) < 4.78 is 13.0. The third-order valence-electron chi connectivity index (χ3n) is 7.74. The summed E-state index contributed by atoms with van der Waals surface area (Å²) in [6.07, 6.45) is 12.4. The molecule has 0 unspecified atom stereocenters. The zero-order chi connectivity index (χ0) is 33.1. The number of carbonyl (C=O) groups is 3. The molecular weight excluding hydrogens is 568 g/mol. The first-order chi connectivity index (χ1) is 21.5. The van der Waals surface area contributed by atoms with Crippen LogP contribution in [-0.4, -0.2) is 72.5 Å². The molecule has 1 aromatic carbocycles. The molecule has 0 aromatic heterocycles. The summed E-state index contributed by atoms with van der Waals surface area (Å²) in [5.41, 5.74) is 5.29. The van der Waals surface area contributed by atoms with Crippen molar-refractivity contribution in [2.75, 3.05) is 44.3 Å². The number of allylic oxidation sites excluding steroid dienone is 7. The number of esters is 2. The fourth-order valence-electron chi connectivity index (χ4n) is 5.07. The van der Waals surface area contributed by atoms with Crippen molar-refractivity contribution in [3.63, 3.8) is 0 Å². The Morgan fingerprint density at radius 2 is 1.40 bits per heavy atom. The average Bonchev–Trinajstić information content (AvgIpc) is 3.01. The van der Waals surface area contributed by atoms with Gasteiger partial charge in [-0.2, -0.15) is 0 Å². The monoisotopic (exact) mass is 615 g/mol. The number of ketones is 1. The van der Waals surface area contributed by atoms with Gasteiger partial charge in [0.1, 0.15) is 32.1 Å². The Kier molecular flexibility index (Phi) is 12.9. The van der Waals surface area contributed by atoms with Gasteiger partial charge in [-0.05, 0) is 61.8 Å². The lowest BCUT2D eigenvalue weighted by atomic mass is 9.79. The number of anilines is 1. The maximum atomic E-state index is 13.4. The highest BCUT2D eigenvalue weighted by Gasteiger charge is 2.37. The number of aliphatic hydroxyl groups is 1. The van der Waals surface area contributed by atoms with E-state index in [2.05, 4.69) is 31.6 Å². The number of hydrogen-bond acceptors (Lipinski definition) is 7. The predicted octanol–water partition coefficient (Wildman–Crippen LogP) is 6.37. The van der Waals surface area contributed by atoms with Crippen molar-refractivity contribution in [2.45, 2.75) is 60.3 Å². The summed E-state index contributed by atoms with van der Waals surface area (Å²) in [6, 6.07) is 5.54. The Labute approximate surface area is 267 Å². The van der Waals surface area contributed by atoms with Crippen LogP contribution in [0.3, 0.4) is 0 Å². The number of unbranched alkanes of at least 4 members (excludes halogenated alkanes) is 2. The molecule has 2 aliphatic rings. The molecular formula is C37H47N2O6+. The molecule has 0 heterocycles. The molecule has 2 aliphatic carbocycles. The van der Waals surface area contributed by atoms with Crippen molar-refractivity contribution >= 4 is 34.7 Å². The fraction of sp³-hybridized carbons (Fsp3) is 0.405. The molecule has 3 rings (SSSR count). The third kappa shape index (κ3) is 9.03. The molecule has 45 heavy (non-hydrogen) atoms. The Morgan fingerprint density at radius 1 is 0.867 bits per heavy atom. The van der Waals surface area contributed by atoms with Gasteiger partial charge in [0.2, 0.25) is 5.78 Å². The van der Waals surface area contributed by atoms with Crippen molar-refractivity contribution in [1.82, 2.24) is 0 Å². The van der Waals surface area contributed by atoms with Gasteiger partial charge in [-0.3, -0.25) is 4.79 Å². The van der Waals surface area contributed by atoms with Crippen LogP contribution < -0.4 is 4.90 Å². The van der Waals surface area contributed by atoms with Crippen LogP contribution in [0, 0.1) is 6.92 Å². The van der Waals surface area contributed by atoms with Crippen LogP contribution in [0.2, 0.25) is 0 Å². The largest absolute Gasteiger partial charge is 0.506 e. The van der Waals surface area contributed by atoms with E-state index in [1.807, 2.05) is 48.3 Å². The third-order valence-corrected chi connectivity index (χ3v) is 7.74. The predicted molar refractivity (Wildman–Crippen MR) is 180 cm³/mol. The minimum absolute atomic E-state index is 0.00677. The molecule has 0 saturated carbocycles. The number of nitrogens with zero attached hydrogens (tertiary/aromatic N) is 2. The Morgan fingerprint density at radius 3 is 1.84 bits per heavy atom. The molecule has 0 atom stereocenters. The van der Waals surface area contributed by atoms with E-state index in [4.69, 9.17) is 9.47 Å². The number of benzene rings is 1. The number of ether oxygens (including phenoxy) is 2. The van der Waals surface area contributed by atoms with Gasteiger partial charge in [-0.15, -0.1) is 0 Å². The first-order valence-electron chi connectivity index (χ1n) is 15.7. The van der Waals surface area contributed by atoms with Gasteiger partial charge in [-0.25, -0.2) is 14.2 Å². The lowest BCUT2D eigenvalue weighted by molar-refractivity contribution is -0.527. The second-order valence-electron chi connectivity index (χ2n) is 11.5. The van der Waals surface area contributed by atoms with E-state index < -0.39 is 11.9 Å². The van der Waals surface area contributed by atoms with Crippen molar-refractivity contribution < 1.29 is 33.5 Å². The van der Waals surface area contributed by atoms with Gasteiger partial charge in [0, 0.05) is 41.8 Å². The highest BCUT2D eigenvalue weighted by molar-refractivity contribution is 6.39. The number of Topliss-reactive ketones (excluding diaryl/α,β-unsaturated/α-hetero) is 1. The number of hydrogen-bond donors (Lipinski definition) is 1. The number of rotatable bonds is 16. The maximum absolute atomic E-state index is 13.4. The highest BCUT2D eigenvalue weighted by atomic mass is 16.5. The quantitative estimate of drug-likeness (QED) is 0.131. The normalized spacial score (nSPS) is 14.0. The maximum Gasteiger partial charge on any atom is 0.333 e. The molecule has 0 saturated heterocycles. The molecule has 0 bridgehead atoms. The van der Waals surface area contributed by atoms with Gasteiger partial charge in [0.15, 0.2) is 5.71 Å². The second-order valence-corrected chi connectivity index (χ2v) is 11.5. The van der Waals surface area contributed by atoms with E-state index in [1.54, 1.807) is 19.9 Å². The van der Waals surface area contributed by atoms with E-state index in [1.165, 1.54) is 0 Å². The first-order valence-corrected chi connectivity index (χ1v) is 15.7. The molecule has 0 amide bonds. The standard InChI is InChI=1S/C37H46N2O6/c1-8-10-18-38(19-11-9-2)29-14-12-28(13-15-29)32-34(40)33(35(32)41)31-17-16-30(24-27(31)7)39(20-22-44-36(42)25(3)4)21-23-45-37(43)26(5)6/h12-17,24H,3,5,8-11,18-23H2,1-2,4,6-7H3/p+1. The summed E-state index contributed by atoms with van der Waals surface area (Å²) in [7, 11) is 0. The zero-order valence-corrected chi connectivity index (χ0v) is 27.4. The van der Waals surface area contributed by atoms with Crippen molar-refractivity contribution in [2.24, 2.45) is 0 Å². The lowest BCUT2D eigenvalue weighted by Gasteiger charge is -2.27. The van der Waals surface area contributed by atoms with Crippen molar-refractivity contribution in [3.05, 3.63) is 94.8 Å². The molecule has 0 spiro atoms. The molecule has 0 aliphatic heterocycles. The Bertz CT molecular complexity index is 1440. The smallest absolute Gasteiger partial charge is 0.333 e. The fourth-order valence-corrected chi connectivity index (χ4v) is 5.07. The topological polar surface area (TPSA) is 96.2 Å². The number of aliphatic hydroxyl groups excluding tert-OH is 1. The first kappa shape index (κ1) is 35.0. The molecule has 8 heteroatoms. The average molecular weight is 616 g/mol. The van der Waals surface area contributed by atoms with Crippen LogP contribution in [-0.2, 0) is 23.9 Å². The molecule has 0 fully saturated rings. The number of carbonyl (C=O) groups excluding carboxylic acids is 3. The molecule has 240 valence electrons. The van der Waals surface area contributed by atoms with Gasteiger partial charge in [0.05, 0.1) is 24.2 Å². The van der Waals surface area contributed by atoms with Gasteiger partial charge >= 0.3 is 11.9 Å². The minimum Gasteiger partial charge on any atom is -0.506 e. The summed E-state index contributed by atoms with van der Waals surface area (Å²) in [5.74, 6) is -1.16. The van der Waals surface area contributed by atoms with Crippen LogP contribution in [0.4, 0.5) is 5.69 Å². The van der Waals surface area contributed by atoms with E-state index in [0.717, 1.165) is 55.7 Å². The van der Waals surface area contributed by atoms with Crippen molar-refractivity contribution in [3.8, 4) is 0 Å². The highest BCUT2D eigenvalue weighted by Crippen LogP contribution is 2.40. The summed E-state index contributed by atoms with van der Waals surface area (Å²) in [6.45, 7) is 19.5. The van der Waals surface area contributed by atoms with Gasteiger partial charge in [0.25, 0.3) is 0 Å². The zero-order valence-electron chi connectivity index (χ0n) is 27.4. The van der Waals surface area contributed by atoms with E-state index >= 15 is 0 Å². The molecule has 8 nitrogen and oxygen atoms in total. The summed E-state index contributed by atoms with van der Waals surface area (Å²) in [4.78, 5) is 39.1. The molecule has 0 radical (unpaired) electrons. The van der Waals surface area contributed by atoms with Crippen LogP contribution in [0.25, 0.3) is 5.57 Å². The van der Waals surface area contributed by atoms with E-state index in [9.17, 15) is 19.5 Å². The SMILES string of the molecule is C=C(C)C(=O)OCCN(CCOC(=O)C(=C)C)c1ccc(C2=C(O)C(=C3C=CC(=[N+](CCCC)CCCC)C=C3)C2=O)c(C)c1. The summed E-state index contributed by atoms with van der Waals surface area (Å²) in [5, 5.41) is 11.1. The van der Waals surface area contributed by atoms with E-state index in [0.29, 0.717) is 46.5 Å². The van der Waals surface area contributed by atoms with Crippen LogP contribution >= 0.6 is 0 Å². The summed E-state index contributed by atoms with van der Waals surface area (Å²) >= 11 is 0. The number of aryl methyl sites for hydroxylation is 1. The Hall–Kier alpha value is -4.46. The second kappa shape index (κ2) is 16.6. The van der Waals surface area contributed by atoms with Crippen LogP contribution in [0.15, 0.2) is 83.7 Å². The Balaban J connectivity index is 1.83. The molecule has 1 aromatic rings. The van der Waals surface area contributed by atoms with E-state index in [-0.39, 0.29) is 24.8 Å². The van der Waals surface area contributed by atoms with Crippen LogP contribution in [0.5, 0.6) is 0 Å². The minimum atomic E-state index is -0.479. The van der Waals surface area contributed by atoms with Crippen molar-refractivity contribution in [1.29, 1.82) is 0 Å². The lowest BCUT2D eigenvalue weighted by Crippen LogP contribution is -2.32. The molecule has 1 N–H and O–H groups in total.